The Labute approximate surface area is 244 Å². The molecule has 1 saturated carbocycles. The van der Waals surface area contributed by atoms with Gasteiger partial charge in [0.2, 0.25) is 0 Å². The zero-order valence-corrected chi connectivity index (χ0v) is 24.1. The molecule has 7 rings (SSSR count). The topological polar surface area (TPSA) is 108 Å². The summed E-state index contributed by atoms with van der Waals surface area (Å²) in [6, 6.07) is 0.901. The first-order valence-electron chi connectivity index (χ1n) is 13.8. The molecule has 0 amide bonds. The maximum Gasteiger partial charge on any atom is 0.418 e. The van der Waals surface area contributed by atoms with E-state index in [0.29, 0.717) is 31.9 Å². The molecule has 1 aromatic carbocycles. The van der Waals surface area contributed by atoms with Crippen LogP contribution in [0, 0.1) is 18.2 Å². The molecule has 1 aliphatic carbocycles. The number of ether oxygens (including phenoxy) is 3. The molecule has 42 heavy (non-hydrogen) atoms. The standard InChI is InChI=1S/C28H31ClF4N6O3/c1-13-8-16(34)36-22(19(13)28(31,32)33)17-20(29)24-18-23(21(17)30)37-26(42-12-27-9-15(10-27)41-11-27)38-25(18)39(6-5-35-3)14(2)4-7-40-24/h8,14-15,35H,4-7,9-12H2,1-3H3,(H2,34,36)/t14-,15?,27?/m1/s1. The predicted octanol–water partition coefficient (Wildman–Crippen LogP) is 5.15. The second-order valence-electron chi connectivity index (χ2n) is 11.4. The van der Waals surface area contributed by atoms with Crippen molar-refractivity contribution in [1.29, 1.82) is 0 Å². The van der Waals surface area contributed by atoms with Gasteiger partial charge in [0.05, 0.1) is 53.2 Å². The Morgan fingerprint density at radius 1 is 1.26 bits per heavy atom. The number of aromatic nitrogens is 3. The number of aryl methyl sites for hydroxylation is 1. The van der Waals surface area contributed by atoms with Crippen molar-refractivity contribution in [2.24, 2.45) is 5.41 Å². The predicted molar refractivity (Wildman–Crippen MR) is 150 cm³/mol. The highest BCUT2D eigenvalue weighted by Gasteiger charge is 2.52. The summed E-state index contributed by atoms with van der Waals surface area (Å²) < 4.78 is 77.4. The number of nitrogens with zero attached hydrogens (tertiary/aromatic N) is 4. The van der Waals surface area contributed by atoms with Gasteiger partial charge in [-0.15, -0.1) is 0 Å². The summed E-state index contributed by atoms with van der Waals surface area (Å²) in [6.07, 6.45) is -2.40. The molecular weight excluding hydrogens is 580 g/mol. The molecule has 2 aromatic heterocycles. The van der Waals surface area contributed by atoms with Gasteiger partial charge in [0.1, 0.15) is 17.2 Å². The Morgan fingerprint density at radius 3 is 2.69 bits per heavy atom. The number of fused-ring (bicyclic) bond motifs is 1. The molecule has 0 unspecified atom stereocenters. The molecule has 3 N–H and O–H groups in total. The number of nitrogen functional groups attached to an aromatic ring is 1. The molecule has 1 atom stereocenters. The zero-order chi connectivity index (χ0) is 30.0. The van der Waals surface area contributed by atoms with Gasteiger partial charge in [-0.1, -0.05) is 11.6 Å². The smallest absolute Gasteiger partial charge is 0.418 e. The average Bonchev–Trinajstić information content (AvgIpc) is 3.49. The fraction of sp³-hybridized carbons (Fsp3) is 0.536. The first-order chi connectivity index (χ1) is 19.9. The van der Waals surface area contributed by atoms with Gasteiger partial charge < -0.3 is 30.2 Å². The Balaban J connectivity index is 1.61. The van der Waals surface area contributed by atoms with Gasteiger partial charge in [-0.3, -0.25) is 0 Å². The molecule has 2 saturated heterocycles. The molecule has 3 aliphatic heterocycles. The third-order valence-electron chi connectivity index (χ3n) is 8.34. The summed E-state index contributed by atoms with van der Waals surface area (Å²) in [6.45, 7) is 5.29. The molecule has 2 bridgehead atoms. The monoisotopic (exact) mass is 610 g/mol. The van der Waals surface area contributed by atoms with Crippen molar-refractivity contribution in [2.45, 2.75) is 51.4 Å². The number of hydrogen-bond acceptors (Lipinski definition) is 9. The molecular formula is C28H31ClF4N6O3. The number of rotatable bonds is 7. The number of halogens is 5. The van der Waals surface area contributed by atoms with Crippen LogP contribution in [-0.2, 0) is 10.9 Å². The summed E-state index contributed by atoms with van der Waals surface area (Å²) in [7, 11) is 1.81. The minimum atomic E-state index is -4.87. The van der Waals surface area contributed by atoms with E-state index >= 15 is 4.39 Å². The maximum atomic E-state index is 16.7. The molecule has 3 fully saturated rings. The number of pyridine rings is 1. The van der Waals surface area contributed by atoms with E-state index in [9.17, 15) is 13.2 Å². The van der Waals surface area contributed by atoms with Crippen LogP contribution in [-0.4, -0.2) is 67.1 Å². The van der Waals surface area contributed by atoms with E-state index in [2.05, 4.69) is 15.3 Å². The van der Waals surface area contributed by atoms with E-state index in [4.69, 9.17) is 36.5 Å². The summed E-state index contributed by atoms with van der Waals surface area (Å²) in [4.78, 5) is 15.0. The van der Waals surface area contributed by atoms with Crippen LogP contribution < -0.4 is 25.4 Å². The first-order valence-corrected chi connectivity index (χ1v) is 14.2. The molecule has 3 aromatic rings. The second kappa shape index (κ2) is 10.5. The van der Waals surface area contributed by atoms with Gasteiger partial charge in [0.15, 0.2) is 11.6 Å². The maximum absolute atomic E-state index is 16.7. The molecule has 226 valence electrons. The number of likely N-dealkylation sites (N-methyl/N-ethyl adjacent to an activating group) is 1. The van der Waals surface area contributed by atoms with E-state index in [1.54, 1.807) is 0 Å². The highest BCUT2D eigenvalue weighted by atomic mass is 35.5. The van der Waals surface area contributed by atoms with Gasteiger partial charge in [-0.2, -0.15) is 23.1 Å². The van der Waals surface area contributed by atoms with Gasteiger partial charge >= 0.3 is 12.2 Å². The Hall–Kier alpha value is -3.16. The zero-order valence-electron chi connectivity index (χ0n) is 23.4. The molecule has 14 heteroatoms. The van der Waals surface area contributed by atoms with Crippen molar-refractivity contribution in [3.05, 3.63) is 28.0 Å². The highest BCUT2D eigenvalue weighted by Crippen LogP contribution is 2.52. The minimum Gasteiger partial charge on any atom is -0.491 e. The van der Waals surface area contributed by atoms with Crippen LogP contribution in [0.15, 0.2) is 6.07 Å². The van der Waals surface area contributed by atoms with Crippen molar-refractivity contribution in [1.82, 2.24) is 20.3 Å². The van der Waals surface area contributed by atoms with Crippen LogP contribution in [0.4, 0.5) is 29.2 Å². The third-order valence-corrected chi connectivity index (χ3v) is 8.70. The summed E-state index contributed by atoms with van der Waals surface area (Å²) in [5.74, 6) is -1.03. The first kappa shape index (κ1) is 28.9. The van der Waals surface area contributed by atoms with Gasteiger partial charge in [0, 0.05) is 31.0 Å². The highest BCUT2D eigenvalue weighted by molar-refractivity contribution is 6.36. The lowest BCUT2D eigenvalue weighted by atomic mass is 9.71. The number of nitrogens with one attached hydrogen (secondary N) is 1. The molecule has 9 nitrogen and oxygen atoms in total. The van der Waals surface area contributed by atoms with Crippen molar-refractivity contribution >= 4 is 34.1 Å². The van der Waals surface area contributed by atoms with Crippen molar-refractivity contribution in [2.75, 3.05) is 50.6 Å². The quantitative estimate of drug-likeness (QED) is 0.351. The van der Waals surface area contributed by atoms with Gasteiger partial charge in [0.25, 0.3) is 0 Å². The Bertz CT molecular complexity index is 1540. The minimum absolute atomic E-state index is 0.0226. The van der Waals surface area contributed by atoms with E-state index in [1.807, 2.05) is 18.9 Å². The summed E-state index contributed by atoms with van der Waals surface area (Å²) >= 11 is 6.74. The molecule has 5 heterocycles. The van der Waals surface area contributed by atoms with E-state index in [-0.39, 0.29) is 69.8 Å². The van der Waals surface area contributed by atoms with E-state index < -0.39 is 28.8 Å². The fourth-order valence-electron chi connectivity index (χ4n) is 6.16. The number of nitrogens with two attached hydrogens (primary N) is 1. The third kappa shape index (κ3) is 4.84. The second-order valence-corrected chi connectivity index (χ2v) is 11.8. The fourth-order valence-corrected chi connectivity index (χ4v) is 6.48. The van der Waals surface area contributed by atoms with E-state index in [0.717, 1.165) is 18.9 Å². The van der Waals surface area contributed by atoms with Crippen molar-refractivity contribution in [3.63, 3.8) is 0 Å². The number of alkyl halides is 3. The summed E-state index contributed by atoms with van der Waals surface area (Å²) in [5, 5.41) is 2.89. The number of anilines is 2. The normalized spacial score (nSPS) is 23.4. The van der Waals surface area contributed by atoms with Crippen LogP contribution in [0.2, 0.25) is 5.02 Å². The van der Waals surface area contributed by atoms with Crippen LogP contribution in [0.25, 0.3) is 22.2 Å². The Kier molecular flexibility index (Phi) is 7.25. The molecule has 0 radical (unpaired) electrons. The Morgan fingerprint density at radius 2 is 2.02 bits per heavy atom. The van der Waals surface area contributed by atoms with Crippen LogP contribution in [0.1, 0.15) is 37.3 Å². The lowest BCUT2D eigenvalue weighted by Crippen LogP contribution is -2.40. The average molecular weight is 611 g/mol. The largest absolute Gasteiger partial charge is 0.491 e. The van der Waals surface area contributed by atoms with Crippen molar-refractivity contribution < 1.29 is 31.8 Å². The van der Waals surface area contributed by atoms with Crippen LogP contribution in [0.5, 0.6) is 11.8 Å². The van der Waals surface area contributed by atoms with Crippen LogP contribution >= 0.6 is 11.6 Å². The number of hydrogen-bond donors (Lipinski definition) is 2. The lowest BCUT2D eigenvalue weighted by molar-refractivity contribution is -0.137. The van der Waals surface area contributed by atoms with E-state index in [1.165, 1.54) is 6.92 Å². The van der Waals surface area contributed by atoms with Crippen LogP contribution in [0.3, 0.4) is 0 Å². The number of benzene rings is 1. The molecule has 4 aliphatic rings. The van der Waals surface area contributed by atoms with Crippen molar-refractivity contribution in [3.8, 4) is 23.0 Å². The summed E-state index contributed by atoms with van der Waals surface area (Å²) in [5.41, 5.74) is 2.70. The van der Waals surface area contributed by atoms with Gasteiger partial charge in [-0.05, 0) is 45.4 Å². The van der Waals surface area contributed by atoms with Gasteiger partial charge in [-0.25, -0.2) is 9.37 Å². The SMILES string of the molecule is CNCCN1c2nc(OCC34COC(C3)C4)nc3c(F)c(-c4nc(N)cc(C)c4C(F)(F)F)c(Cl)c(c23)OCC[C@H]1C. The lowest BCUT2D eigenvalue weighted by Gasteiger charge is -2.35. The molecule has 0 spiro atoms.